The Morgan fingerprint density at radius 2 is 2.13 bits per heavy atom. The van der Waals surface area contributed by atoms with Crippen molar-refractivity contribution < 1.29 is 4.79 Å². The summed E-state index contributed by atoms with van der Waals surface area (Å²) in [5, 5.41) is 0.237. The Balaban J connectivity index is 3.05. The third kappa shape index (κ3) is 2.86. The van der Waals surface area contributed by atoms with Gasteiger partial charge in [-0.25, -0.2) is 0 Å². The highest BCUT2D eigenvalue weighted by atomic mass is 35.5. The molecule has 2 N–H and O–H groups in total. The van der Waals surface area contributed by atoms with E-state index in [1.165, 1.54) is 6.92 Å². The number of carbonyl (C=O) groups excluding carboxylic acids is 1. The van der Waals surface area contributed by atoms with Crippen molar-refractivity contribution in [3.8, 4) is 0 Å². The molecule has 0 heterocycles. The van der Waals surface area contributed by atoms with Crippen molar-refractivity contribution in [3.05, 3.63) is 28.3 Å². The van der Waals surface area contributed by atoms with Gasteiger partial charge in [-0.1, -0.05) is 17.7 Å². The van der Waals surface area contributed by atoms with Crippen molar-refractivity contribution in [2.24, 2.45) is 0 Å². The van der Waals surface area contributed by atoms with Gasteiger partial charge in [-0.15, -0.1) is 11.6 Å². The monoisotopic (exact) mass is 245 g/mol. The molecule has 0 spiro atoms. The quantitative estimate of drug-likeness (QED) is 0.655. The van der Waals surface area contributed by atoms with E-state index in [1.54, 1.807) is 12.1 Å². The van der Waals surface area contributed by atoms with E-state index in [0.717, 1.165) is 11.1 Å². The first kappa shape index (κ1) is 12.3. The molecule has 4 heteroatoms. The van der Waals surface area contributed by atoms with E-state index in [-0.39, 0.29) is 17.6 Å². The zero-order chi connectivity index (χ0) is 11.6. The second kappa shape index (κ2) is 4.86. The summed E-state index contributed by atoms with van der Waals surface area (Å²) in [5.41, 5.74) is 8.03. The molecule has 0 bridgehead atoms. The smallest absolute Gasteiger partial charge is 0.131 e. The minimum Gasteiger partial charge on any atom is -0.398 e. The highest BCUT2D eigenvalue weighted by Gasteiger charge is 2.15. The fraction of sp³-hybridized carbons (Fsp3) is 0.364. The van der Waals surface area contributed by atoms with E-state index in [1.807, 2.05) is 6.92 Å². The van der Waals surface area contributed by atoms with Gasteiger partial charge in [0.1, 0.15) is 5.78 Å². The van der Waals surface area contributed by atoms with Crippen LogP contribution in [0.4, 0.5) is 5.69 Å². The summed E-state index contributed by atoms with van der Waals surface area (Å²) in [6, 6.07) is 3.52. The molecule has 2 nitrogen and oxygen atoms in total. The Morgan fingerprint density at radius 1 is 1.53 bits per heavy atom. The van der Waals surface area contributed by atoms with Crippen LogP contribution in [0.1, 0.15) is 29.8 Å². The number of halogens is 2. The van der Waals surface area contributed by atoms with Gasteiger partial charge in [-0.3, -0.25) is 4.79 Å². The lowest BCUT2D eigenvalue weighted by Crippen LogP contribution is -2.03. The van der Waals surface area contributed by atoms with Gasteiger partial charge in [-0.2, -0.15) is 0 Å². The van der Waals surface area contributed by atoms with Crippen molar-refractivity contribution in [2.75, 3.05) is 5.73 Å². The van der Waals surface area contributed by atoms with E-state index in [0.29, 0.717) is 10.7 Å². The van der Waals surface area contributed by atoms with Crippen molar-refractivity contribution in [1.29, 1.82) is 0 Å². The summed E-state index contributed by atoms with van der Waals surface area (Å²) in [4.78, 5) is 10.9. The second-order valence-corrected chi connectivity index (χ2v) is 4.48. The molecule has 0 aliphatic rings. The number of ketones is 1. The molecule has 0 aliphatic heterocycles. The van der Waals surface area contributed by atoms with Gasteiger partial charge < -0.3 is 5.73 Å². The predicted molar refractivity (Wildman–Crippen MR) is 64.5 cm³/mol. The summed E-state index contributed by atoms with van der Waals surface area (Å²) >= 11 is 12.0. The molecule has 1 rings (SSSR count). The molecule has 1 atom stereocenters. The molecule has 0 fully saturated rings. The van der Waals surface area contributed by atoms with E-state index in [4.69, 9.17) is 28.9 Å². The minimum absolute atomic E-state index is 0.0435. The number of benzene rings is 1. The Hall–Kier alpha value is -0.730. The molecule has 0 amide bonds. The van der Waals surface area contributed by atoms with E-state index < -0.39 is 0 Å². The number of rotatable bonds is 3. The molecule has 0 aromatic heterocycles. The largest absolute Gasteiger partial charge is 0.398 e. The Bertz CT molecular complexity index is 390. The minimum atomic E-state index is -0.376. The van der Waals surface area contributed by atoms with Crippen LogP contribution in [0.2, 0.25) is 5.02 Å². The van der Waals surface area contributed by atoms with Crippen LogP contribution in [-0.4, -0.2) is 5.78 Å². The number of alkyl halides is 1. The van der Waals surface area contributed by atoms with Crippen molar-refractivity contribution in [1.82, 2.24) is 0 Å². The first-order valence-corrected chi connectivity index (χ1v) is 5.43. The highest BCUT2D eigenvalue weighted by Crippen LogP contribution is 2.33. The van der Waals surface area contributed by atoms with Gasteiger partial charge in [-0.05, 0) is 31.0 Å². The lowest BCUT2D eigenvalue weighted by molar-refractivity contribution is -0.117. The molecule has 0 aliphatic carbocycles. The van der Waals surface area contributed by atoms with Crippen molar-refractivity contribution in [3.63, 3.8) is 0 Å². The number of hydrogen-bond acceptors (Lipinski definition) is 2. The van der Waals surface area contributed by atoms with Crippen LogP contribution in [0.3, 0.4) is 0 Å². The van der Waals surface area contributed by atoms with Gasteiger partial charge >= 0.3 is 0 Å². The van der Waals surface area contributed by atoms with E-state index in [2.05, 4.69) is 0 Å². The molecule has 15 heavy (non-hydrogen) atoms. The Morgan fingerprint density at radius 3 is 2.67 bits per heavy atom. The van der Waals surface area contributed by atoms with Gasteiger partial charge in [0.05, 0.1) is 5.38 Å². The van der Waals surface area contributed by atoms with Crippen LogP contribution >= 0.6 is 23.2 Å². The Labute approximate surface area is 99.4 Å². The van der Waals surface area contributed by atoms with Gasteiger partial charge in [0, 0.05) is 17.1 Å². The lowest BCUT2D eigenvalue weighted by atomic mass is 10.0. The predicted octanol–water partition coefficient (Wildman–Crippen LogP) is 3.49. The number of nitrogens with two attached hydrogens (primary N) is 1. The summed E-state index contributed by atoms with van der Waals surface area (Å²) < 4.78 is 0. The second-order valence-electron chi connectivity index (χ2n) is 3.55. The molecule has 1 unspecified atom stereocenters. The number of carbonyl (C=O) groups is 1. The third-order valence-electron chi connectivity index (χ3n) is 2.29. The first-order valence-electron chi connectivity index (χ1n) is 4.61. The maximum absolute atomic E-state index is 10.9. The van der Waals surface area contributed by atoms with Crippen LogP contribution in [0.5, 0.6) is 0 Å². The number of anilines is 1. The van der Waals surface area contributed by atoms with Gasteiger partial charge in [0.2, 0.25) is 0 Å². The molecule has 0 radical (unpaired) electrons. The van der Waals surface area contributed by atoms with Gasteiger partial charge in [0.25, 0.3) is 0 Å². The first-order chi connectivity index (χ1) is 6.93. The normalized spacial score (nSPS) is 12.5. The van der Waals surface area contributed by atoms with Crippen LogP contribution in [0, 0.1) is 6.92 Å². The molecule has 0 saturated carbocycles. The maximum Gasteiger partial charge on any atom is 0.131 e. The molecule has 1 aromatic rings. The molecule has 82 valence electrons. The average Bonchev–Trinajstić information content (AvgIpc) is 2.13. The summed E-state index contributed by atoms with van der Waals surface area (Å²) in [6.07, 6.45) is 0.285. The third-order valence-corrected chi connectivity index (χ3v) is 3.09. The highest BCUT2D eigenvalue weighted by molar-refractivity contribution is 6.32. The summed E-state index contributed by atoms with van der Waals surface area (Å²) in [5.74, 6) is 0.0435. The molecule has 1 aromatic carbocycles. The van der Waals surface area contributed by atoms with Crippen LogP contribution in [0.25, 0.3) is 0 Å². The molecule has 0 saturated heterocycles. The van der Waals surface area contributed by atoms with Crippen molar-refractivity contribution in [2.45, 2.75) is 25.6 Å². The van der Waals surface area contributed by atoms with Crippen LogP contribution in [0.15, 0.2) is 12.1 Å². The average molecular weight is 246 g/mol. The SMILES string of the molecule is CC(=O)CC(Cl)c1ccc(Cl)c(C)c1N. The fourth-order valence-electron chi connectivity index (χ4n) is 1.36. The topological polar surface area (TPSA) is 43.1 Å². The lowest BCUT2D eigenvalue weighted by Gasteiger charge is -2.13. The Kier molecular flexibility index (Phi) is 4.00. The maximum atomic E-state index is 10.9. The van der Waals surface area contributed by atoms with E-state index >= 15 is 0 Å². The number of Topliss-reactive ketones (excluding diaryl/α,β-unsaturated/α-hetero) is 1. The van der Waals surface area contributed by atoms with Gasteiger partial charge in [0.15, 0.2) is 0 Å². The standard InChI is InChI=1S/C11H13Cl2NO/c1-6(15)5-10(13)8-3-4-9(12)7(2)11(8)14/h3-4,10H,5,14H2,1-2H3. The van der Waals surface area contributed by atoms with Crippen LogP contribution in [-0.2, 0) is 4.79 Å². The zero-order valence-corrected chi connectivity index (χ0v) is 10.2. The van der Waals surface area contributed by atoms with Crippen molar-refractivity contribution >= 4 is 34.7 Å². The summed E-state index contributed by atoms with van der Waals surface area (Å²) in [7, 11) is 0. The van der Waals surface area contributed by atoms with Crippen LogP contribution < -0.4 is 5.73 Å². The fourth-order valence-corrected chi connectivity index (χ4v) is 1.93. The number of hydrogen-bond donors (Lipinski definition) is 1. The summed E-state index contributed by atoms with van der Waals surface area (Å²) in [6.45, 7) is 3.34. The number of nitrogen functional groups attached to an aromatic ring is 1. The molecular formula is C11H13Cl2NO. The molecular weight excluding hydrogens is 233 g/mol. The zero-order valence-electron chi connectivity index (χ0n) is 8.68. The van der Waals surface area contributed by atoms with E-state index in [9.17, 15) is 4.79 Å².